The fourth-order valence-electron chi connectivity index (χ4n) is 2.81. The van der Waals surface area contributed by atoms with Crippen molar-refractivity contribution in [3.8, 4) is 0 Å². The number of aryl methyl sites for hydroxylation is 1. The van der Waals surface area contributed by atoms with Crippen molar-refractivity contribution in [2.24, 2.45) is 0 Å². The van der Waals surface area contributed by atoms with Crippen LogP contribution in [0.15, 0.2) is 48.5 Å². The Bertz CT molecular complexity index is 616. The van der Waals surface area contributed by atoms with Crippen LogP contribution in [0, 0.1) is 6.92 Å². The Labute approximate surface area is 119 Å². The van der Waals surface area contributed by atoms with Crippen molar-refractivity contribution in [2.45, 2.75) is 25.8 Å². The summed E-state index contributed by atoms with van der Waals surface area (Å²) in [5, 5.41) is 3.35. The first-order chi connectivity index (χ1) is 9.74. The van der Waals surface area contributed by atoms with Gasteiger partial charge >= 0.3 is 0 Å². The van der Waals surface area contributed by atoms with Crippen LogP contribution in [0.25, 0.3) is 0 Å². The third kappa shape index (κ3) is 2.66. The highest BCUT2D eigenvalue weighted by atomic mass is 16.1. The standard InChI is InChI=1S/C18H19NO/c1-13-6-8-14(9-7-13)10-18(20)17-12-19-11-15-4-2-3-5-16(15)17/h2-9,17,19H,10-12H2,1H3. The van der Waals surface area contributed by atoms with E-state index in [4.69, 9.17) is 0 Å². The van der Waals surface area contributed by atoms with Gasteiger partial charge in [-0.25, -0.2) is 0 Å². The summed E-state index contributed by atoms with van der Waals surface area (Å²) < 4.78 is 0. The predicted molar refractivity (Wildman–Crippen MR) is 80.8 cm³/mol. The van der Waals surface area contributed by atoms with Crippen LogP contribution >= 0.6 is 0 Å². The molecule has 2 aromatic carbocycles. The van der Waals surface area contributed by atoms with Crippen LogP contribution in [0.2, 0.25) is 0 Å². The molecule has 0 fully saturated rings. The second-order valence-corrected chi connectivity index (χ2v) is 5.51. The average Bonchev–Trinajstić information content (AvgIpc) is 2.49. The van der Waals surface area contributed by atoms with E-state index in [0.717, 1.165) is 18.7 Å². The summed E-state index contributed by atoms with van der Waals surface area (Å²) in [6.07, 6.45) is 0.515. The normalized spacial score (nSPS) is 17.6. The van der Waals surface area contributed by atoms with Gasteiger partial charge in [-0.05, 0) is 23.6 Å². The minimum Gasteiger partial charge on any atom is -0.312 e. The van der Waals surface area contributed by atoms with Gasteiger partial charge in [0.1, 0.15) is 5.78 Å². The molecule has 3 rings (SSSR count). The Morgan fingerprint density at radius 1 is 1.15 bits per heavy atom. The van der Waals surface area contributed by atoms with E-state index in [-0.39, 0.29) is 5.92 Å². The minimum atomic E-state index is -0.0127. The van der Waals surface area contributed by atoms with Crippen LogP contribution in [0.5, 0.6) is 0 Å². The van der Waals surface area contributed by atoms with E-state index < -0.39 is 0 Å². The second kappa shape index (κ2) is 5.59. The molecule has 0 aromatic heterocycles. The maximum absolute atomic E-state index is 12.6. The van der Waals surface area contributed by atoms with Gasteiger partial charge < -0.3 is 5.32 Å². The molecule has 0 spiro atoms. The molecule has 20 heavy (non-hydrogen) atoms. The summed E-state index contributed by atoms with van der Waals surface area (Å²) >= 11 is 0. The van der Waals surface area contributed by atoms with Crippen molar-refractivity contribution in [2.75, 3.05) is 6.54 Å². The first-order valence-corrected chi connectivity index (χ1v) is 7.11. The highest BCUT2D eigenvalue weighted by Gasteiger charge is 2.25. The molecule has 0 amide bonds. The largest absolute Gasteiger partial charge is 0.312 e. The van der Waals surface area contributed by atoms with Crippen LogP contribution in [-0.4, -0.2) is 12.3 Å². The molecule has 0 saturated carbocycles. The van der Waals surface area contributed by atoms with Crippen molar-refractivity contribution in [1.29, 1.82) is 0 Å². The van der Waals surface area contributed by atoms with Gasteiger partial charge in [-0.1, -0.05) is 54.1 Å². The number of Topliss-reactive ketones (excluding diaryl/α,β-unsaturated/α-hetero) is 1. The third-order valence-corrected chi connectivity index (χ3v) is 3.98. The summed E-state index contributed by atoms with van der Waals surface area (Å²) in [4.78, 5) is 12.6. The zero-order chi connectivity index (χ0) is 13.9. The molecule has 1 N–H and O–H groups in total. The summed E-state index contributed by atoms with van der Waals surface area (Å²) in [6, 6.07) is 16.5. The summed E-state index contributed by atoms with van der Waals surface area (Å²) in [5.74, 6) is 0.287. The number of fused-ring (bicyclic) bond motifs is 1. The first-order valence-electron chi connectivity index (χ1n) is 7.11. The van der Waals surface area contributed by atoms with Gasteiger partial charge in [0.15, 0.2) is 0 Å². The maximum Gasteiger partial charge on any atom is 0.145 e. The van der Waals surface area contributed by atoms with Gasteiger partial charge in [-0.15, -0.1) is 0 Å². The van der Waals surface area contributed by atoms with E-state index in [1.165, 1.54) is 16.7 Å². The molecule has 2 aromatic rings. The average molecular weight is 265 g/mol. The van der Waals surface area contributed by atoms with E-state index >= 15 is 0 Å². The lowest BCUT2D eigenvalue weighted by molar-refractivity contribution is -0.119. The zero-order valence-corrected chi connectivity index (χ0v) is 11.7. The first kappa shape index (κ1) is 13.1. The lowest BCUT2D eigenvalue weighted by Gasteiger charge is -2.25. The molecular weight excluding hydrogens is 246 g/mol. The minimum absolute atomic E-state index is 0.0127. The molecular formula is C18H19NO. The fourth-order valence-corrected chi connectivity index (χ4v) is 2.81. The lowest BCUT2D eigenvalue weighted by Crippen LogP contribution is -2.33. The smallest absolute Gasteiger partial charge is 0.145 e. The number of benzene rings is 2. The van der Waals surface area contributed by atoms with Crippen molar-refractivity contribution in [3.05, 3.63) is 70.8 Å². The molecule has 2 heteroatoms. The second-order valence-electron chi connectivity index (χ2n) is 5.51. The Morgan fingerprint density at radius 2 is 1.90 bits per heavy atom. The van der Waals surface area contributed by atoms with Gasteiger partial charge in [0, 0.05) is 19.5 Å². The molecule has 1 aliphatic heterocycles. The number of hydrogen-bond donors (Lipinski definition) is 1. The van der Waals surface area contributed by atoms with E-state index in [9.17, 15) is 4.79 Å². The van der Waals surface area contributed by atoms with Crippen LogP contribution in [0.3, 0.4) is 0 Å². The van der Waals surface area contributed by atoms with Crippen molar-refractivity contribution >= 4 is 5.78 Å². The number of ketones is 1. The number of rotatable bonds is 3. The molecule has 1 heterocycles. The number of carbonyl (C=O) groups is 1. The van der Waals surface area contributed by atoms with Crippen molar-refractivity contribution in [1.82, 2.24) is 5.32 Å². The van der Waals surface area contributed by atoms with Crippen molar-refractivity contribution in [3.63, 3.8) is 0 Å². The Hall–Kier alpha value is -1.93. The molecule has 1 aliphatic rings. The van der Waals surface area contributed by atoms with E-state index in [2.05, 4.69) is 48.6 Å². The van der Waals surface area contributed by atoms with E-state index in [1.54, 1.807) is 0 Å². The van der Waals surface area contributed by atoms with Gasteiger partial charge in [0.05, 0.1) is 5.92 Å². The fraction of sp³-hybridized carbons (Fsp3) is 0.278. The van der Waals surface area contributed by atoms with Crippen LogP contribution in [0.1, 0.15) is 28.2 Å². The van der Waals surface area contributed by atoms with Gasteiger partial charge in [0.25, 0.3) is 0 Å². The molecule has 1 unspecified atom stereocenters. The number of hydrogen-bond acceptors (Lipinski definition) is 2. The molecule has 0 radical (unpaired) electrons. The van der Waals surface area contributed by atoms with E-state index in [0.29, 0.717) is 12.2 Å². The maximum atomic E-state index is 12.6. The predicted octanol–water partition coefficient (Wildman–Crippen LogP) is 2.99. The number of carbonyl (C=O) groups excluding carboxylic acids is 1. The Morgan fingerprint density at radius 3 is 2.70 bits per heavy atom. The third-order valence-electron chi connectivity index (χ3n) is 3.98. The highest BCUT2D eigenvalue weighted by molar-refractivity contribution is 5.88. The van der Waals surface area contributed by atoms with Crippen LogP contribution in [0.4, 0.5) is 0 Å². The monoisotopic (exact) mass is 265 g/mol. The molecule has 0 bridgehead atoms. The highest BCUT2D eigenvalue weighted by Crippen LogP contribution is 2.25. The van der Waals surface area contributed by atoms with Crippen molar-refractivity contribution < 1.29 is 4.79 Å². The van der Waals surface area contributed by atoms with Gasteiger partial charge in [-0.2, -0.15) is 0 Å². The molecule has 1 atom stereocenters. The van der Waals surface area contributed by atoms with Crippen LogP contribution in [-0.2, 0) is 17.8 Å². The van der Waals surface area contributed by atoms with Gasteiger partial charge in [-0.3, -0.25) is 4.79 Å². The van der Waals surface area contributed by atoms with Gasteiger partial charge in [0.2, 0.25) is 0 Å². The number of nitrogens with one attached hydrogen (secondary N) is 1. The van der Waals surface area contributed by atoms with E-state index in [1.807, 2.05) is 12.1 Å². The summed E-state index contributed by atoms with van der Waals surface area (Å²) in [5.41, 5.74) is 4.78. The molecule has 102 valence electrons. The Kier molecular flexibility index (Phi) is 3.66. The zero-order valence-electron chi connectivity index (χ0n) is 11.7. The SMILES string of the molecule is Cc1ccc(CC(=O)C2CNCc3ccccc32)cc1. The topological polar surface area (TPSA) is 29.1 Å². The van der Waals surface area contributed by atoms with Crippen LogP contribution < -0.4 is 5.32 Å². The lowest BCUT2D eigenvalue weighted by atomic mass is 9.85. The quantitative estimate of drug-likeness (QED) is 0.924. The molecule has 2 nitrogen and oxygen atoms in total. The Balaban J connectivity index is 1.80. The summed E-state index contributed by atoms with van der Waals surface area (Å²) in [6.45, 7) is 3.68. The molecule has 0 aliphatic carbocycles. The molecule has 0 saturated heterocycles. The summed E-state index contributed by atoms with van der Waals surface area (Å²) in [7, 11) is 0.